The lowest BCUT2D eigenvalue weighted by Crippen LogP contribution is -2.11. The second-order valence-corrected chi connectivity index (χ2v) is 6.88. The molecule has 1 atom stereocenters. The van der Waals surface area contributed by atoms with Gasteiger partial charge in [-0.05, 0) is 28.9 Å². The van der Waals surface area contributed by atoms with E-state index in [4.69, 9.17) is 4.74 Å². The molecule has 1 nitrogen and oxygen atoms in total. The van der Waals surface area contributed by atoms with E-state index in [1.54, 1.807) is 0 Å². The molecule has 1 rings (SSSR count). The summed E-state index contributed by atoms with van der Waals surface area (Å²) < 4.78 is 5.90. The van der Waals surface area contributed by atoms with Gasteiger partial charge in [-0.15, -0.1) is 0 Å². The molecule has 0 aliphatic rings. The average molecular weight is 276 g/mol. The minimum absolute atomic E-state index is 0.229. The van der Waals surface area contributed by atoms with Crippen molar-refractivity contribution in [2.75, 3.05) is 6.61 Å². The average Bonchev–Trinajstić information content (AvgIpc) is 2.42. The lowest BCUT2D eigenvalue weighted by Gasteiger charge is -2.19. The Labute approximate surface area is 125 Å². The molecule has 1 aromatic carbocycles. The second kappa shape index (κ2) is 8.46. The van der Waals surface area contributed by atoms with Crippen LogP contribution in [0.25, 0.3) is 0 Å². The van der Waals surface area contributed by atoms with Crippen LogP contribution in [0.4, 0.5) is 0 Å². The molecule has 0 spiro atoms. The van der Waals surface area contributed by atoms with Crippen LogP contribution < -0.4 is 0 Å². The summed E-state index contributed by atoms with van der Waals surface area (Å²) in [6, 6.07) is 8.86. The Balaban J connectivity index is 2.38. The van der Waals surface area contributed by atoms with E-state index < -0.39 is 0 Å². The van der Waals surface area contributed by atoms with E-state index >= 15 is 0 Å². The molecular formula is C19H32O. The topological polar surface area (TPSA) is 9.23 Å². The van der Waals surface area contributed by atoms with Gasteiger partial charge < -0.3 is 4.74 Å². The Hall–Kier alpha value is -0.820. The first-order chi connectivity index (χ1) is 9.47. The van der Waals surface area contributed by atoms with Gasteiger partial charge in [0.2, 0.25) is 0 Å². The standard InChI is InChI=1S/C19H32O/c1-6-8-9-16(7-2)14-20-15-17-10-12-18(13-11-17)19(3,4)5/h10-13,16H,6-9,14-15H2,1-5H3. The van der Waals surface area contributed by atoms with Crippen molar-refractivity contribution in [2.45, 2.75) is 72.3 Å². The van der Waals surface area contributed by atoms with Gasteiger partial charge in [0.15, 0.2) is 0 Å². The van der Waals surface area contributed by atoms with Crippen LogP contribution in [0.1, 0.15) is 71.4 Å². The highest BCUT2D eigenvalue weighted by Gasteiger charge is 2.12. The van der Waals surface area contributed by atoms with Crippen LogP contribution in [0.15, 0.2) is 24.3 Å². The first-order valence-corrected chi connectivity index (χ1v) is 8.14. The molecule has 0 fully saturated rings. The zero-order valence-electron chi connectivity index (χ0n) is 14.0. The minimum Gasteiger partial charge on any atom is -0.376 e. The van der Waals surface area contributed by atoms with Gasteiger partial charge in [0.05, 0.1) is 6.61 Å². The molecule has 1 unspecified atom stereocenters. The predicted molar refractivity (Wildman–Crippen MR) is 88.1 cm³/mol. The summed E-state index contributed by atoms with van der Waals surface area (Å²) in [5.74, 6) is 0.726. The summed E-state index contributed by atoms with van der Waals surface area (Å²) in [5, 5.41) is 0. The third-order valence-electron chi connectivity index (χ3n) is 3.99. The van der Waals surface area contributed by atoms with Crippen LogP contribution in [0.5, 0.6) is 0 Å². The minimum atomic E-state index is 0.229. The Morgan fingerprint density at radius 1 is 1.05 bits per heavy atom. The van der Waals surface area contributed by atoms with Crippen LogP contribution >= 0.6 is 0 Å². The summed E-state index contributed by atoms with van der Waals surface area (Å²) in [4.78, 5) is 0. The van der Waals surface area contributed by atoms with Crippen molar-refractivity contribution in [3.8, 4) is 0 Å². The molecule has 0 saturated carbocycles. The monoisotopic (exact) mass is 276 g/mol. The lowest BCUT2D eigenvalue weighted by molar-refractivity contribution is 0.0819. The number of ether oxygens (including phenoxy) is 1. The van der Waals surface area contributed by atoms with E-state index in [1.165, 1.54) is 36.8 Å². The number of hydrogen-bond donors (Lipinski definition) is 0. The summed E-state index contributed by atoms with van der Waals surface area (Å²) >= 11 is 0. The van der Waals surface area contributed by atoms with E-state index in [-0.39, 0.29) is 5.41 Å². The molecule has 1 aromatic rings. The molecule has 114 valence electrons. The third-order valence-corrected chi connectivity index (χ3v) is 3.99. The van der Waals surface area contributed by atoms with Gasteiger partial charge in [0.25, 0.3) is 0 Å². The van der Waals surface area contributed by atoms with E-state index in [0.717, 1.165) is 19.1 Å². The van der Waals surface area contributed by atoms with Gasteiger partial charge >= 0.3 is 0 Å². The summed E-state index contributed by atoms with van der Waals surface area (Å²) in [6.07, 6.45) is 5.13. The van der Waals surface area contributed by atoms with Crippen LogP contribution in [0.2, 0.25) is 0 Å². The molecule has 0 aliphatic carbocycles. The highest BCUT2D eigenvalue weighted by molar-refractivity contribution is 5.27. The highest BCUT2D eigenvalue weighted by Crippen LogP contribution is 2.22. The predicted octanol–water partition coefficient (Wildman–Crippen LogP) is 5.72. The maximum Gasteiger partial charge on any atom is 0.0717 e. The van der Waals surface area contributed by atoms with Gasteiger partial charge in [0, 0.05) is 6.61 Å². The first-order valence-electron chi connectivity index (χ1n) is 8.14. The van der Waals surface area contributed by atoms with E-state index in [9.17, 15) is 0 Å². The van der Waals surface area contributed by atoms with Gasteiger partial charge in [-0.3, -0.25) is 0 Å². The summed E-state index contributed by atoms with van der Waals surface area (Å²) in [7, 11) is 0. The molecule has 0 bridgehead atoms. The first kappa shape index (κ1) is 17.2. The molecule has 0 N–H and O–H groups in total. The van der Waals surface area contributed by atoms with Crippen molar-refractivity contribution >= 4 is 0 Å². The fourth-order valence-electron chi connectivity index (χ4n) is 2.34. The van der Waals surface area contributed by atoms with E-state index in [1.807, 2.05) is 0 Å². The Morgan fingerprint density at radius 3 is 2.20 bits per heavy atom. The van der Waals surface area contributed by atoms with Crippen molar-refractivity contribution in [3.05, 3.63) is 35.4 Å². The van der Waals surface area contributed by atoms with Crippen molar-refractivity contribution in [3.63, 3.8) is 0 Å². The van der Waals surface area contributed by atoms with Crippen molar-refractivity contribution in [1.29, 1.82) is 0 Å². The van der Waals surface area contributed by atoms with Gasteiger partial charge in [-0.2, -0.15) is 0 Å². The van der Waals surface area contributed by atoms with Crippen molar-refractivity contribution < 1.29 is 4.74 Å². The lowest BCUT2D eigenvalue weighted by atomic mass is 9.87. The van der Waals surface area contributed by atoms with Crippen LogP contribution in [-0.2, 0) is 16.8 Å². The molecular weight excluding hydrogens is 244 g/mol. The maximum atomic E-state index is 5.90. The molecule has 0 aliphatic heterocycles. The third kappa shape index (κ3) is 6.09. The SMILES string of the molecule is CCCCC(CC)COCc1ccc(C(C)(C)C)cc1. The normalized spacial score (nSPS) is 13.4. The molecule has 0 saturated heterocycles. The maximum absolute atomic E-state index is 5.90. The van der Waals surface area contributed by atoms with Crippen LogP contribution in [0, 0.1) is 5.92 Å². The quantitative estimate of drug-likeness (QED) is 0.590. The fourth-order valence-corrected chi connectivity index (χ4v) is 2.34. The summed E-state index contributed by atoms with van der Waals surface area (Å²) in [5.41, 5.74) is 2.89. The number of unbranched alkanes of at least 4 members (excludes halogenated alkanes) is 1. The van der Waals surface area contributed by atoms with E-state index in [0.29, 0.717) is 0 Å². The van der Waals surface area contributed by atoms with Crippen LogP contribution in [0.3, 0.4) is 0 Å². The van der Waals surface area contributed by atoms with Crippen molar-refractivity contribution in [1.82, 2.24) is 0 Å². The zero-order valence-corrected chi connectivity index (χ0v) is 14.0. The van der Waals surface area contributed by atoms with Gasteiger partial charge in [-0.25, -0.2) is 0 Å². The molecule has 0 heterocycles. The fraction of sp³-hybridized carbons (Fsp3) is 0.684. The smallest absolute Gasteiger partial charge is 0.0717 e. The Bertz CT molecular complexity index is 358. The zero-order chi connectivity index (χ0) is 15.0. The molecule has 0 amide bonds. The number of rotatable bonds is 8. The van der Waals surface area contributed by atoms with Gasteiger partial charge in [-0.1, -0.05) is 78.1 Å². The largest absolute Gasteiger partial charge is 0.376 e. The summed E-state index contributed by atoms with van der Waals surface area (Å²) in [6.45, 7) is 12.9. The molecule has 1 heteroatoms. The number of benzene rings is 1. The molecule has 0 aromatic heterocycles. The molecule has 0 radical (unpaired) electrons. The van der Waals surface area contributed by atoms with Gasteiger partial charge in [0.1, 0.15) is 0 Å². The Morgan fingerprint density at radius 2 is 1.70 bits per heavy atom. The van der Waals surface area contributed by atoms with Crippen LogP contribution in [-0.4, -0.2) is 6.61 Å². The van der Waals surface area contributed by atoms with Crippen molar-refractivity contribution in [2.24, 2.45) is 5.92 Å². The second-order valence-electron chi connectivity index (χ2n) is 6.88. The molecule has 20 heavy (non-hydrogen) atoms. The Kier molecular flexibility index (Phi) is 7.29. The van der Waals surface area contributed by atoms with E-state index in [2.05, 4.69) is 58.9 Å². The highest BCUT2D eigenvalue weighted by atomic mass is 16.5. The number of hydrogen-bond acceptors (Lipinski definition) is 1.